The van der Waals surface area contributed by atoms with Gasteiger partial charge >= 0.3 is 0 Å². The van der Waals surface area contributed by atoms with E-state index in [4.69, 9.17) is 0 Å². The fourth-order valence-corrected chi connectivity index (χ4v) is 2.66. The van der Waals surface area contributed by atoms with Crippen LogP contribution in [0.25, 0.3) is 0 Å². The minimum absolute atomic E-state index is 0.194. The van der Waals surface area contributed by atoms with Gasteiger partial charge in [0.25, 0.3) is 0 Å². The number of benzene rings is 1. The topological polar surface area (TPSA) is 23.8 Å². The lowest BCUT2D eigenvalue weighted by atomic mass is 9.64. The standard InChI is InChI=1S/C13H14BrN/c1-9-4-5-11(10(2)12(9)14)13(8-15)6-3-7-13/h4-5H,3,6-7H2,1-2H3. The lowest BCUT2D eigenvalue weighted by Gasteiger charge is -2.37. The number of nitriles is 1. The van der Waals surface area contributed by atoms with Crippen molar-refractivity contribution < 1.29 is 0 Å². The van der Waals surface area contributed by atoms with Crippen molar-refractivity contribution in [2.45, 2.75) is 38.5 Å². The first-order chi connectivity index (χ1) is 7.10. The predicted octanol–water partition coefficient (Wildman–Crippen LogP) is 4.01. The number of aryl methyl sites for hydroxylation is 1. The largest absolute Gasteiger partial charge is 0.197 e. The van der Waals surface area contributed by atoms with Crippen LogP contribution in [0.4, 0.5) is 0 Å². The molecule has 2 rings (SSSR count). The molecule has 0 unspecified atom stereocenters. The second kappa shape index (κ2) is 3.64. The van der Waals surface area contributed by atoms with E-state index in [0.717, 1.165) is 17.3 Å². The lowest BCUT2D eigenvalue weighted by molar-refractivity contribution is 0.322. The molecule has 0 saturated heterocycles. The van der Waals surface area contributed by atoms with Crippen molar-refractivity contribution in [2.24, 2.45) is 0 Å². The molecule has 2 heteroatoms. The summed E-state index contributed by atoms with van der Waals surface area (Å²) in [6, 6.07) is 6.72. The summed E-state index contributed by atoms with van der Waals surface area (Å²) in [4.78, 5) is 0. The van der Waals surface area contributed by atoms with E-state index in [1.54, 1.807) is 0 Å². The normalized spacial score (nSPS) is 18.0. The minimum atomic E-state index is -0.194. The molecule has 78 valence electrons. The zero-order valence-corrected chi connectivity index (χ0v) is 10.7. The molecule has 0 spiro atoms. The molecule has 0 heterocycles. The van der Waals surface area contributed by atoms with Gasteiger partial charge in [-0.25, -0.2) is 0 Å². The van der Waals surface area contributed by atoms with Gasteiger partial charge in [-0.05, 0) is 49.8 Å². The van der Waals surface area contributed by atoms with Crippen molar-refractivity contribution in [1.29, 1.82) is 5.26 Å². The Morgan fingerprint density at radius 3 is 2.47 bits per heavy atom. The second-order valence-electron chi connectivity index (χ2n) is 4.42. The maximum atomic E-state index is 9.31. The Morgan fingerprint density at radius 2 is 2.00 bits per heavy atom. The van der Waals surface area contributed by atoms with Crippen LogP contribution in [0.1, 0.15) is 36.0 Å². The summed E-state index contributed by atoms with van der Waals surface area (Å²) < 4.78 is 1.15. The van der Waals surface area contributed by atoms with Crippen LogP contribution >= 0.6 is 15.9 Å². The van der Waals surface area contributed by atoms with Gasteiger partial charge in [-0.3, -0.25) is 0 Å². The summed E-state index contributed by atoms with van der Waals surface area (Å²) in [5.74, 6) is 0. The van der Waals surface area contributed by atoms with Gasteiger partial charge in [0, 0.05) is 4.47 Å². The quantitative estimate of drug-likeness (QED) is 0.751. The van der Waals surface area contributed by atoms with E-state index in [2.05, 4.69) is 48.0 Å². The van der Waals surface area contributed by atoms with Crippen LogP contribution in [-0.2, 0) is 5.41 Å². The lowest BCUT2D eigenvalue weighted by Crippen LogP contribution is -2.33. The van der Waals surface area contributed by atoms with Gasteiger partial charge in [-0.1, -0.05) is 28.1 Å². The first kappa shape index (κ1) is 10.7. The highest BCUT2D eigenvalue weighted by Gasteiger charge is 2.40. The van der Waals surface area contributed by atoms with Crippen LogP contribution in [0.3, 0.4) is 0 Å². The van der Waals surface area contributed by atoms with Crippen molar-refractivity contribution in [1.82, 2.24) is 0 Å². The van der Waals surface area contributed by atoms with Crippen LogP contribution < -0.4 is 0 Å². The molecule has 0 aliphatic heterocycles. The molecule has 1 aromatic carbocycles. The van der Waals surface area contributed by atoms with E-state index in [9.17, 15) is 5.26 Å². The van der Waals surface area contributed by atoms with Gasteiger partial charge < -0.3 is 0 Å². The average Bonchev–Trinajstić information content (AvgIpc) is 2.17. The van der Waals surface area contributed by atoms with Gasteiger partial charge in [0.2, 0.25) is 0 Å². The highest BCUT2D eigenvalue weighted by Crippen LogP contribution is 2.45. The Hall–Kier alpha value is -0.810. The number of rotatable bonds is 1. The first-order valence-corrected chi connectivity index (χ1v) is 6.07. The van der Waals surface area contributed by atoms with Gasteiger partial charge in [0.1, 0.15) is 0 Å². The van der Waals surface area contributed by atoms with Crippen molar-refractivity contribution in [3.8, 4) is 6.07 Å². The molecule has 1 aromatic rings. The fourth-order valence-electron chi connectivity index (χ4n) is 2.31. The Bertz CT molecular complexity index is 439. The van der Waals surface area contributed by atoms with Gasteiger partial charge in [-0.15, -0.1) is 0 Å². The van der Waals surface area contributed by atoms with Crippen LogP contribution in [0.15, 0.2) is 16.6 Å². The molecule has 0 bridgehead atoms. The van der Waals surface area contributed by atoms with Crippen molar-refractivity contribution in [3.63, 3.8) is 0 Å². The molecule has 1 nitrogen and oxygen atoms in total. The van der Waals surface area contributed by atoms with E-state index in [1.807, 2.05) is 0 Å². The average molecular weight is 264 g/mol. The summed E-state index contributed by atoms with van der Waals surface area (Å²) in [5, 5.41) is 9.31. The molecule has 0 radical (unpaired) electrons. The predicted molar refractivity (Wildman–Crippen MR) is 64.8 cm³/mol. The van der Waals surface area contributed by atoms with Crippen molar-refractivity contribution in [2.75, 3.05) is 0 Å². The van der Waals surface area contributed by atoms with Crippen LogP contribution in [0, 0.1) is 25.2 Å². The maximum absolute atomic E-state index is 9.31. The zero-order chi connectivity index (χ0) is 11.1. The number of nitrogens with zero attached hydrogens (tertiary/aromatic N) is 1. The summed E-state index contributed by atoms with van der Waals surface area (Å²) in [7, 11) is 0. The number of halogens is 1. The van der Waals surface area contributed by atoms with Crippen molar-refractivity contribution >= 4 is 15.9 Å². The monoisotopic (exact) mass is 263 g/mol. The van der Waals surface area contributed by atoms with E-state index >= 15 is 0 Å². The Balaban J connectivity index is 2.55. The molecule has 15 heavy (non-hydrogen) atoms. The smallest absolute Gasteiger partial charge is 0.0825 e. The highest BCUT2D eigenvalue weighted by atomic mass is 79.9. The fraction of sp³-hybridized carbons (Fsp3) is 0.462. The SMILES string of the molecule is Cc1ccc(C2(C#N)CCC2)c(C)c1Br. The van der Waals surface area contributed by atoms with E-state index in [-0.39, 0.29) is 5.41 Å². The van der Waals surface area contributed by atoms with E-state index < -0.39 is 0 Å². The third-order valence-corrected chi connectivity index (χ3v) is 4.74. The first-order valence-electron chi connectivity index (χ1n) is 5.28. The number of hydrogen-bond donors (Lipinski definition) is 0. The molecule has 0 atom stereocenters. The second-order valence-corrected chi connectivity index (χ2v) is 5.21. The Morgan fingerprint density at radius 1 is 1.33 bits per heavy atom. The molecule has 1 aliphatic carbocycles. The third-order valence-electron chi connectivity index (χ3n) is 3.52. The Kier molecular flexibility index (Phi) is 2.60. The van der Waals surface area contributed by atoms with Crippen molar-refractivity contribution in [3.05, 3.63) is 33.3 Å². The molecular formula is C13H14BrN. The number of hydrogen-bond acceptors (Lipinski definition) is 1. The summed E-state index contributed by atoms with van der Waals surface area (Å²) in [6.45, 7) is 4.19. The van der Waals surface area contributed by atoms with Crippen LogP contribution in [-0.4, -0.2) is 0 Å². The molecule has 1 fully saturated rings. The third kappa shape index (κ3) is 1.50. The zero-order valence-electron chi connectivity index (χ0n) is 9.10. The minimum Gasteiger partial charge on any atom is -0.197 e. The summed E-state index contributed by atoms with van der Waals surface area (Å²) in [6.07, 6.45) is 3.21. The molecule has 0 N–H and O–H groups in total. The van der Waals surface area contributed by atoms with Crippen LogP contribution in [0.5, 0.6) is 0 Å². The highest BCUT2D eigenvalue weighted by molar-refractivity contribution is 9.10. The van der Waals surface area contributed by atoms with Crippen LogP contribution in [0.2, 0.25) is 0 Å². The molecular weight excluding hydrogens is 250 g/mol. The van der Waals surface area contributed by atoms with E-state index in [1.165, 1.54) is 23.1 Å². The van der Waals surface area contributed by atoms with Gasteiger partial charge in [0.05, 0.1) is 11.5 Å². The van der Waals surface area contributed by atoms with Gasteiger partial charge in [-0.2, -0.15) is 5.26 Å². The van der Waals surface area contributed by atoms with Gasteiger partial charge in [0.15, 0.2) is 0 Å². The molecule has 0 aromatic heterocycles. The van der Waals surface area contributed by atoms with E-state index in [0.29, 0.717) is 0 Å². The summed E-state index contributed by atoms with van der Waals surface area (Å²) in [5.41, 5.74) is 3.49. The maximum Gasteiger partial charge on any atom is 0.0825 e. The molecule has 1 saturated carbocycles. The molecule has 1 aliphatic rings. The summed E-state index contributed by atoms with van der Waals surface area (Å²) >= 11 is 3.60. The molecule has 0 amide bonds. The Labute approximate surface area is 99.2 Å².